The molecule has 0 aliphatic carbocycles. The molecule has 0 atom stereocenters. The molecule has 0 fully saturated rings. The van der Waals surface area contributed by atoms with Crippen LogP contribution in [-0.2, 0) is 20.0 Å². The van der Waals surface area contributed by atoms with Crippen LogP contribution in [0.2, 0.25) is 0 Å². The molecule has 8 nitrogen and oxygen atoms in total. The first-order chi connectivity index (χ1) is 12.2. The average molecular weight is 396 g/mol. The van der Waals surface area contributed by atoms with Crippen LogP contribution in [0.5, 0.6) is 5.75 Å². The number of anilines is 1. The summed E-state index contributed by atoms with van der Waals surface area (Å²) in [6.45, 7) is 2.29. The maximum absolute atomic E-state index is 12.4. The summed E-state index contributed by atoms with van der Waals surface area (Å²) in [6, 6.07) is 11.7. The molecule has 2 aromatic rings. The molecule has 0 unspecified atom stereocenters. The first-order valence-electron chi connectivity index (χ1n) is 7.64. The summed E-state index contributed by atoms with van der Waals surface area (Å²) < 4.78 is 57.5. The van der Waals surface area contributed by atoms with Crippen molar-refractivity contribution < 1.29 is 26.4 Å². The summed E-state index contributed by atoms with van der Waals surface area (Å²) in [6.07, 6.45) is 0. The molecule has 0 spiro atoms. The summed E-state index contributed by atoms with van der Waals surface area (Å²) >= 11 is 0. The van der Waals surface area contributed by atoms with Gasteiger partial charge < -0.3 is 4.74 Å². The van der Waals surface area contributed by atoms with E-state index in [1.165, 1.54) is 36.4 Å². The smallest absolute Gasteiger partial charge is 0.270 e. The molecule has 1 amide bonds. The van der Waals surface area contributed by atoms with Crippen molar-refractivity contribution in [3.63, 3.8) is 0 Å². The van der Waals surface area contributed by atoms with E-state index in [-0.39, 0.29) is 16.1 Å². The highest BCUT2D eigenvalue weighted by atomic mass is 32.2. The highest BCUT2D eigenvalue weighted by Gasteiger charge is 2.43. The topological polar surface area (TPSA) is 110 Å². The second-order valence-electron chi connectivity index (χ2n) is 5.46. The SMILES string of the molecule is CCOc1ccc(NS(=O)(=O)CN2C(=O)c3ccccc3S2(=O)=O)cc1. The Balaban J connectivity index is 1.81. The Bertz CT molecular complexity index is 1050. The van der Waals surface area contributed by atoms with Gasteiger partial charge in [-0.2, -0.15) is 0 Å². The van der Waals surface area contributed by atoms with Gasteiger partial charge in [-0.1, -0.05) is 12.1 Å². The molecule has 0 saturated carbocycles. The molecule has 26 heavy (non-hydrogen) atoms. The highest BCUT2D eigenvalue weighted by Crippen LogP contribution is 2.30. The number of rotatable bonds is 6. The van der Waals surface area contributed by atoms with E-state index in [0.29, 0.717) is 16.7 Å². The molecule has 1 aliphatic rings. The number of benzene rings is 2. The molecule has 3 rings (SSSR count). The van der Waals surface area contributed by atoms with Crippen LogP contribution in [0.15, 0.2) is 53.4 Å². The molecule has 2 aromatic carbocycles. The third-order valence-corrected chi connectivity index (χ3v) is 6.73. The van der Waals surface area contributed by atoms with Crippen LogP contribution in [0.4, 0.5) is 5.69 Å². The van der Waals surface area contributed by atoms with Gasteiger partial charge in [0.1, 0.15) is 10.6 Å². The highest BCUT2D eigenvalue weighted by molar-refractivity contribution is 7.95. The van der Waals surface area contributed by atoms with E-state index < -0.39 is 31.8 Å². The summed E-state index contributed by atoms with van der Waals surface area (Å²) in [5, 5.41) is 0. The molecule has 1 heterocycles. The van der Waals surface area contributed by atoms with Crippen molar-refractivity contribution >= 4 is 31.6 Å². The molecule has 10 heteroatoms. The zero-order chi connectivity index (χ0) is 18.9. The number of ether oxygens (including phenoxy) is 1. The maximum Gasteiger partial charge on any atom is 0.270 e. The summed E-state index contributed by atoms with van der Waals surface area (Å²) in [5.41, 5.74) is 0.193. The van der Waals surface area contributed by atoms with Gasteiger partial charge >= 0.3 is 0 Å². The summed E-state index contributed by atoms with van der Waals surface area (Å²) in [4.78, 5) is 12.1. The number of hydrogen-bond acceptors (Lipinski definition) is 6. The second kappa shape index (κ2) is 6.61. The number of fused-ring (bicyclic) bond motifs is 1. The number of amides is 1. The van der Waals surface area contributed by atoms with Crippen LogP contribution in [0.1, 0.15) is 17.3 Å². The fourth-order valence-electron chi connectivity index (χ4n) is 2.51. The van der Waals surface area contributed by atoms with Gasteiger partial charge in [-0.25, -0.2) is 21.1 Å². The van der Waals surface area contributed by atoms with E-state index >= 15 is 0 Å². The van der Waals surface area contributed by atoms with Crippen LogP contribution in [0.25, 0.3) is 0 Å². The molecular weight excluding hydrogens is 380 g/mol. The molecule has 1 aliphatic heterocycles. The molecular formula is C16H16N2O6S2. The van der Waals surface area contributed by atoms with Gasteiger partial charge in [-0.05, 0) is 43.3 Å². The maximum atomic E-state index is 12.4. The average Bonchev–Trinajstić information content (AvgIpc) is 2.78. The molecule has 1 N–H and O–H groups in total. The van der Waals surface area contributed by atoms with Crippen LogP contribution in [-0.4, -0.2) is 39.5 Å². The van der Waals surface area contributed by atoms with Crippen LogP contribution in [0, 0.1) is 0 Å². The first-order valence-corrected chi connectivity index (χ1v) is 10.7. The van der Waals surface area contributed by atoms with Crippen LogP contribution < -0.4 is 9.46 Å². The van der Waals surface area contributed by atoms with Crippen molar-refractivity contribution in [1.29, 1.82) is 0 Å². The predicted octanol–water partition coefficient (Wildman–Crippen LogP) is 1.63. The van der Waals surface area contributed by atoms with Gasteiger partial charge in [0.05, 0.1) is 12.2 Å². The zero-order valence-corrected chi connectivity index (χ0v) is 15.4. The molecule has 138 valence electrons. The number of carbonyl (C=O) groups excluding carboxylic acids is 1. The normalized spacial score (nSPS) is 15.6. The van der Waals surface area contributed by atoms with E-state index in [2.05, 4.69) is 4.72 Å². The van der Waals surface area contributed by atoms with E-state index in [1.807, 2.05) is 6.92 Å². The third-order valence-electron chi connectivity index (χ3n) is 3.64. The number of nitrogens with one attached hydrogen (secondary N) is 1. The summed E-state index contributed by atoms with van der Waals surface area (Å²) in [7, 11) is -8.32. The Morgan fingerprint density at radius 3 is 2.35 bits per heavy atom. The lowest BCUT2D eigenvalue weighted by atomic mass is 10.2. The minimum atomic E-state index is -4.19. The lowest BCUT2D eigenvalue weighted by Gasteiger charge is -2.16. The van der Waals surface area contributed by atoms with E-state index in [0.717, 1.165) is 0 Å². The van der Waals surface area contributed by atoms with E-state index in [1.54, 1.807) is 12.1 Å². The molecule has 0 bridgehead atoms. The Morgan fingerprint density at radius 2 is 1.73 bits per heavy atom. The van der Waals surface area contributed by atoms with Gasteiger partial charge in [-0.3, -0.25) is 9.52 Å². The molecule has 0 radical (unpaired) electrons. The van der Waals surface area contributed by atoms with Crippen molar-refractivity contribution in [2.45, 2.75) is 11.8 Å². The quantitative estimate of drug-likeness (QED) is 0.795. The van der Waals surface area contributed by atoms with Crippen molar-refractivity contribution in [2.24, 2.45) is 0 Å². The molecule has 0 saturated heterocycles. The Labute approximate surface area is 151 Å². The zero-order valence-electron chi connectivity index (χ0n) is 13.7. The standard InChI is InChI=1S/C16H16N2O6S2/c1-2-24-13-9-7-12(8-10-13)17-25(20,21)11-18-16(19)14-5-3-4-6-15(14)26(18,22)23/h3-10,17H,2,11H2,1H3. The van der Waals surface area contributed by atoms with Gasteiger partial charge in [0.15, 0.2) is 5.88 Å². The monoisotopic (exact) mass is 396 g/mol. The molecule has 0 aromatic heterocycles. The minimum absolute atomic E-state index is 0.0382. The minimum Gasteiger partial charge on any atom is -0.494 e. The number of nitrogens with zero attached hydrogens (tertiary/aromatic N) is 1. The fraction of sp³-hybridized carbons (Fsp3) is 0.188. The van der Waals surface area contributed by atoms with E-state index in [9.17, 15) is 21.6 Å². The second-order valence-corrected chi connectivity index (χ2v) is 8.98. The Kier molecular flexibility index (Phi) is 4.63. The van der Waals surface area contributed by atoms with Crippen molar-refractivity contribution in [3.8, 4) is 5.75 Å². The largest absolute Gasteiger partial charge is 0.494 e. The number of carbonyl (C=O) groups is 1. The van der Waals surface area contributed by atoms with Gasteiger partial charge in [-0.15, -0.1) is 0 Å². The number of sulfonamides is 2. The van der Waals surface area contributed by atoms with Gasteiger partial charge in [0, 0.05) is 5.69 Å². The Morgan fingerprint density at radius 1 is 1.08 bits per heavy atom. The van der Waals surface area contributed by atoms with Gasteiger partial charge in [0.2, 0.25) is 0 Å². The van der Waals surface area contributed by atoms with Crippen molar-refractivity contribution in [2.75, 3.05) is 17.2 Å². The van der Waals surface area contributed by atoms with Gasteiger partial charge in [0.25, 0.3) is 26.0 Å². The number of hydrogen-bond donors (Lipinski definition) is 1. The first kappa shape index (κ1) is 18.2. The lowest BCUT2D eigenvalue weighted by molar-refractivity contribution is 0.0885. The van der Waals surface area contributed by atoms with E-state index in [4.69, 9.17) is 4.74 Å². The predicted molar refractivity (Wildman–Crippen MR) is 94.8 cm³/mol. The lowest BCUT2D eigenvalue weighted by Crippen LogP contribution is -2.37. The fourth-order valence-corrected chi connectivity index (χ4v) is 5.71. The summed E-state index contributed by atoms with van der Waals surface area (Å²) in [5.74, 6) is -1.29. The van der Waals surface area contributed by atoms with Crippen LogP contribution in [0.3, 0.4) is 0 Å². The Hall–Kier alpha value is -2.59. The van der Waals surface area contributed by atoms with Crippen molar-refractivity contribution in [3.05, 3.63) is 54.1 Å². The third kappa shape index (κ3) is 3.37. The van der Waals surface area contributed by atoms with Crippen molar-refractivity contribution in [1.82, 2.24) is 4.31 Å². The van der Waals surface area contributed by atoms with Crippen LogP contribution >= 0.6 is 0 Å².